The van der Waals surface area contributed by atoms with Crippen LogP contribution in [0, 0.1) is 25.2 Å². The molecule has 10 heavy (non-hydrogen) atoms. The summed E-state index contributed by atoms with van der Waals surface area (Å²) in [4.78, 5) is 7.71. The maximum absolute atomic E-state index is 8.50. The predicted molar refractivity (Wildman–Crippen MR) is 36.2 cm³/mol. The zero-order valence-corrected chi connectivity index (χ0v) is 5.92. The average molecular weight is 133 g/mol. The lowest BCUT2D eigenvalue weighted by Gasteiger charge is -1.96. The average Bonchev–Trinajstić information content (AvgIpc) is 1.95. The van der Waals surface area contributed by atoms with Crippen molar-refractivity contribution in [1.82, 2.24) is 9.97 Å². The third-order valence-electron chi connectivity index (χ3n) is 1.44. The molecular weight excluding hydrogens is 126 g/mol. The van der Waals surface area contributed by atoms with Crippen molar-refractivity contribution in [2.75, 3.05) is 0 Å². The van der Waals surface area contributed by atoms with E-state index in [0.717, 1.165) is 11.3 Å². The predicted octanol–water partition coefficient (Wildman–Crippen LogP) is 0.965. The fourth-order valence-electron chi connectivity index (χ4n) is 0.651. The van der Waals surface area contributed by atoms with Gasteiger partial charge < -0.3 is 0 Å². The topological polar surface area (TPSA) is 49.6 Å². The highest BCUT2D eigenvalue weighted by molar-refractivity contribution is 5.31. The minimum atomic E-state index is 0.465. The minimum absolute atomic E-state index is 0.465. The summed E-state index contributed by atoms with van der Waals surface area (Å²) in [6.45, 7) is 3.70. The third kappa shape index (κ3) is 0.960. The van der Waals surface area contributed by atoms with E-state index >= 15 is 0 Å². The van der Waals surface area contributed by atoms with E-state index in [1.807, 2.05) is 19.9 Å². The molecule has 0 atom stereocenters. The zero-order chi connectivity index (χ0) is 7.56. The van der Waals surface area contributed by atoms with Gasteiger partial charge >= 0.3 is 0 Å². The third-order valence-corrected chi connectivity index (χ3v) is 1.44. The van der Waals surface area contributed by atoms with Gasteiger partial charge in [-0.25, -0.2) is 9.97 Å². The van der Waals surface area contributed by atoms with Crippen LogP contribution in [0.5, 0.6) is 0 Å². The van der Waals surface area contributed by atoms with Crippen molar-refractivity contribution >= 4 is 0 Å². The molecule has 1 heterocycles. The smallest absolute Gasteiger partial charge is 0.147 e. The minimum Gasteiger partial charge on any atom is -0.241 e. The molecule has 0 saturated heterocycles. The second kappa shape index (κ2) is 2.44. The molecular formula is C7H7N3. The SMILES string of the molecule is Cc1ncnc(C#N)c1C. The molecule has 0 aliphatic heterocycles. The van der Waals surface area contributed by atoms with Crippen LogP contribution in [0.4, 0.5) is 0 Å². The van der Waals surface area contributed by atoms with E-state index in [1.54, 1.807) is 0 Å². The molecule has 3 nitrogen and oxygen atoms in total. The number of hydrogen-bond donors (Lipinski definition) is 0. The highest BCUT2D eigenvalue weighted by atomic mass is 14.8. The zero-order valence-electron chi connectivity index (χ0n) is 5.92. The number of aromatic nitrogens is 2. The van der Waals surface area contributed by atoms with Crippen LogP contribution in [0.25, 0.3) is 0 Å². The highest BCUT2D eigenvalue weighted by Gasteiger charge is 1.99. The van der Waals surface area contributed by atoms with Gasteiger partial charge in [-0.15, -0.1) is 0 Å². The van der Waals surface area contributed by atoms with Crippen LogP contribution < -0.4 is 0 Å². The Morgan fingerprint density at radius 1 is 1.40 bits per heavy atom. The fraction of sp³-hybridized carbons (Fsp3) is 0.286. The van der Waals surface area contributed by atoms with E-state index in [-0.39, 0.29) is 0 Å². The molecule has 0 aliphatic rings. The number of nitriles is 1. The lowest BCUT2D eigenvalue weighted by atomic mass is 10.2. The summed E-state index contributed by atoms with van der Waals surface area (Å²) in [5, 5.41) is 8.50. The van der Waals surface area contributed by atoms with Gasteiger partial charge in [-0.05, 0) is 13.8 Å². The van der Waals surface area contributed by atoms with Crippen molar-refractivity contribution in [2.24, 2.45) is 0 Å². The van der Waals surface area contributed by atoms with Crippen molar-refractivity contribution in [3.63, 3.8) is 0 Å². The van der Waals surface area contributed by atoms with Crippen molar-refractivity contribution in [3.05, 3.63) is 23.3 Å². The molecule has 0 amide bonds. The molecule has 0 saturated carbocycles. The normalized spacial score (nSPS) is 8.90. The first-order valence-corrected chi connectivity index (χ1v) is 2.94. The second-order valence-electron chi connectivity index (χ2n) is 2.04. The molecule has 1 aromatic heterocycles. The van der Waals surface area contributed by atoms with E-state index in [1.165, 1.54) is 6.33 Å². The Balaban J connectivity index is 3.31. The Kier molecular flexibility index (Phi) is 1.63. The monoisotopic (exact) mass is 133 g/mol. The largest absolute Gasteiger partial charge is 0.241 e. The molecule has 0 N–H and O–H groups in total. The standard InChI is InChI=1S/C7H7N3/c1-5-6(2)9-4-10-7(5)3-8/h4H,1-2H3. The van der Waals surface area contributed by atoms with Crippen LogP contribution in [-0.4, -0.2) is 9.97 Å². The van der Waals surface area contributed by atoms with E-state index < -0.39 is 0 Å². The van der Waals surface area contributed by atoms with E-state index in [2.05, 4.69) is 9.97 Å². The summed E-state index contributed by atoms with van der Waals surface area (Å²) >= 11 is 0. The summed E-state index contributed by atoms with van der Waals surface area (Å²) < 4.78 is 0. The summed E-state index contributed by atoms with van der Waals surface area (Å²) in [6.07, 6.45) is 1.40. The van der Waals surface area contributed by atoms with Gasteiger partial charge in [0.15, 0.2) is 0 Å². The molecule has 0 unspecified atom stereocenters. The molecule has 3 heteroatoms. The Hall–Kier alpha value is -1.43. The van der Waals surface area contributed by atoms with Gasteiger partial charge in [-0.1, -0.05) is 0 Å². The van der Waals surface area contributed by atoms with Crippen LogP contribution in [0.15, 0.2) is 6.33 Å². The Morgan fingerprint density at radius 3 is 2.60 bits per heavy atom. The summed E-state index contributed by atoms with van der Waals surface area (Å²) in [7, 11) is 0. The fourth-order valence-corrected chi connectivity index (χ4v) is 0.651. The maximum Gasteiger partial charge on any atom is 0.147 e. The highest BCUT2D eigenvalue weighted by Crippen LogP contribution is 2.04. The van der Waals surface area contributed by atoms with Gasteiger partial charge in [0.2, 0.25) is 0 Å². The summed E-state index contributed by atoms with van der Waals surface area (Å²) in [5.74, 6) is 0. The lowest BCUT2D eigenvalue weighted by molar-refractivity contribution is 1.04. The molecule has 0 fully saturated rings. The van der Waals surface area contributed by atoms with E-state index in [9.17, 15) is 0 Å². The molecule has 0 radical (unpaired) electrons. The van der Waals surface area contributed by atoms with E-state index in [4.69, 9.17) is 5.26 Å². The van der Waals surface area contributed by atoms with Crippen LogP contribution in [0.1, 0.15) is 17.0 Å². The van der Waals surface area contributed by atoms with Crippen LogP contribution >= 0.6 is 0 Å². The summed E-state index contributed by atoms with van der Waals surface area (Å²) in [5.41, 5.74) is 2.20. The number of nitrogens with zero attached hydrogens (tertiary/aromatic N) is 3. The maximum atomic E-state index is 8.50. The first-order valence-electron chi connectivity index (χ1n) is 2.94. The van der Waals surface area contributed by atoms with Crippen LogP contribution in [0.3, 0.4) is 0 Å². The van der Waals surface area contributed by atoms with Crippen molar-refractivity contribution in [3.8, 4) is 6.07 Å². The number of hydrogen-bond acceptors (Lipinski definition) is 3. The van der Waals surface area contributed by atoms with Crippen LogP contribution in [0.2, 0.25) is 0 Å². The Labute approximate surface area is 59.4 Å². The first kappa shape index (κ1) is 6.69. The van der Waals surface area contributed by atoms with Gasteiger partial charge in [0.25, 0.3) is 0 Å². The van der Waals surface area contributed by atoms with Gasteiger partial charge in [-0.3, -0.25) is 0 Å². The van der Waals surface area contributed by atoms with Crippen molar-refractivity contribution < 1.29 is 0 Å². The molecule has 1 rings (SSSR count). The Morgan fingerprint density at radius 2 is 2.10 bits per heavy atom. The molecule has 0 aliphatic carbocycles. The molecule has 1 aromatic rings. The van der Waals surface area contributed by atoms with Gasteiger partial charge in [0.05, 0.1) is 0 Å². The molecule has 50 valence electrons. The summed E-state index contributed by atoms with van der Waals surface area (Å²) in [6, 6.07) is 1.98. The van der Waals surface area contributed by atoms with Gasteiger partial charge in [0.1, 0.15) is 18.1 Å². The van der Waals surface area contributed by atoms with Gasteiger partial charge in [-0.2, -0.15) is 5.26 Å². The molecule has 0 aromatic carbocycles. The van der Waals surface area contributed by atoms with E-state index in [0.29, 0.717) is 5.69 Å². The quantitative estimate of drug-likeness (QED) is 0.529. The Bertz CT molecular complexity index is 285. The molecule has 0 bridgehead atoms. The first-order chi connectivity index (χ1) is 4.75. The number of rotatable bonds is 0. The van der Waals surface area contributed by atoms with Crippen molar-refractivity contribution in [1.29, 1.82) is 5.26 Å². The van der Waals surface area contributed by atoms with Crippen LogP contribution in [-0.2, 0) is 0 Å². The lowest BCUT2D eigenvalue weighted by Crippen LogP contribution is -1.93. The molecule has 0 spiro atoms. The second-order valence-corrected chi connectivity index (χ2v) is 2.04. The van der Waals surface area contributed by atoms with Gasteiger partial charge in [0, 0.05) is 11.3 Å². The van der Waals surface area contributed by atoms with Crippen molar-refractivity contribution in [2.45, 2.75) is 13.8 Å². The number of aryl methyl sites for hydroxylation is 1.